The van der Waals surface area contributed by atoms with Gasteiger partial charge in [-0.3, -0.25) is 9.88 Å². The van der Waals surface area contributed by atoms with Crippen molar-refractivity contribution in [3.05, 3.63) is 95.6 Å². The third-order valence-corrected chi connectivity index (χ3v) is 6.07. The van der Waals surface area contributed by atoms with Gasteiger partial charge in [0.15, 0.2) is 0 Å². The average molecular weight is 429 g/mol. The number of hydrogen-bond acceptors (Lipinski definition) is 4. The first-order valence-corrected chi connectivity index (χ1v) is 11.0. The monoisotopic (exact) mass is 428 g/mol. The van der Waals surface area contributed by atoms with Crippen LogP contribution in [0.25, 0.3) is 10.9 Å². The molecular formula is C26H25ClN4. The zero-order valence-corrected chi connectivity index (χ0v) is 18.1. The summed E-state index contributed by atoms with van der Waals surface area (Å²) >= 11 is 6.10. The summed E-state index contributed by atoms with van der Waals surface area (Å²) in [6.45, 7) is 5.30. The molecule has 0 saturated carbocycles. The summed E-state index contributed by atoms with van der Waals surface area (Å²) in [5, 5.41) is 5.28. The number of rotatable bonds is 5. The minimum atomic E-state index is 0.699. The third-order valence-electron chi connectivity index (χ3n) is 5.84. The molecule has 156 valence electrons. The number of aromatic nitrogens is 1. The summed E-state index contributed by atoms with van der Waals surface area (Å²) in [6, 6.07) is 27.2. The largest absolute Gasteiger partial charge is 0.369 e. The van der Waals surface area contributed by atoms with Crippen LogP contribution in [-0.4, -0.2) is 36.1 Å². The van der Waals surface area contributed by atoms with Crippen molar-refractivity contribution in [2.75, 3.05) is 36.4 Å². The highest BCUT2D eigenvalue weighted by Gasteiger charge is 2.17. The highest BCUT2D eigenvalue weighted by Crippen LogP contribution is 2.28. The van der Waals surface area contributed by atoms with Gasteiger partial charge in [-0.1, -0.05) is 41.9 Å². The van der Waals surface area contributed by atoms with Crippen LogP contribution in [0.15, 0.2) is 85.1 Å². The van der Waals surface area contributed by atoms with Gasteiger partial charge < -0.3 is 10.2 Å². The lowest BCUT2D eigenvalue weighted by Crippen LogP contribution is -2.45. The van der Waals surface area contributed by atoms with E-state index in [0.717, 1.165) is 55.0 Å². The number of nitrogens with one attached hydrogen (secondary N) is 1. The molecule has 4 nitrogen and oxygen atoms in total. The predicted molar refractivity (Wildman–Crippen MR) is 130 cm³/mol. The van der Waals surface area contributed by atoms with Gasteiger partial charge in [-0.25, -0.2) is 0 Å². The van der Waals surface area contributed by atoms with Crippen molar-refractivity contribution < 1.29 is 0 Å². The van der Waals surface area contributed by atoms with Gasteiger partial charge in [0.25, 0.3) is 0 Å². The first-order valence-electron chi connectivity index (χ1n) is 10.7. The summed E-state index contributed by atoms with van der Waals surface area (Å²) < 4.78 is 0. The van der Waals surface area contributed by atoms with E-state index in [1.807, 2.05) is 30.5 Å². The van der Waals surface area contributed by atoms with Gasteiger partial charge in [0, 0.05) is 66.4 Å². The van der Waals surface area contributed by atoms with Crippen LogP contribution in [0.4, 0.5) is 17.1 Å². The fourth-order valence-corrected chi connectivity index (χ4v) is 4.31. The van der Waals surface area contributed by atoms with Crippen molar-refractivity contribution in [1.82, 2.24) is 9.88 Å². The van der Waals surface area contributed by atoms with E-state index >= 15 is 0 Å². The molecule has 1 saturated heterocycles. The Bertz CT molecular complexity index is 1150. The molecule has 2 heterocycles. The molecule has 0 bridgehead atoms. The molecule has 0 atom stereocenters. The highest BCUT2D eigenvalue weighted by atomic mass is 35.5. The van der Waals surface area contributed by atoms with Gasteiger partial charge in [-0.05, 0) is 54.1 Å². The van der Waals surface area contributed by atoms with Crippen LogP contribution in [0.3, 0.4) is 0 Å². The highest BCUT2D eigenvalue weighted by molar-refractivity contribution is 6.31. The second kappa shape index (κ2) is 8.96. The number of fused-ring (bicyclic) bond motifs is 1. The molecule has 5 rings (SSSR count). The zero-order chi connectivity index (χ0) is 21.0. The zero-order valence-electron chi connectivity index (χ0n) is 17.3. The Kier molecular flexibility index (Phi) is 5.74. The molecular weight excluding hydrogens is 404 g/mol. The molecule has 0 unspecified atom stereocenters. The average Bonchev–Trinajstić information content (AvgIpc) is 2.81. The number of piperazine rings is 1. The molecule has 1 aromatic heterocycles. The lowest BCUT2D eigenvalue weighted by Gasteiger charge is -2.36. The van der Waals surface area contributed by atoms with E-state index in [1.165, 1.54) is 11.3 Å². The summed E-state index contributed by atoms with van der Waals surface area (Å²) in [7, 11) is 0. The van der Waals surface area contributed by atoms with Crippen molar-refractivity contribution >= 4 is 39.6 Å². The number of halogens is 1. The Morgan fingerprint density at radius 3 is 2.39 bits per heavy atom. The standard InChI is InChI=1S/C26H25ClN4/c27-21-6-11-24-25(12-13-28-26(24)18-21)29-22-7-9-23(10-8-22)31-16-14-30(15-17-31)19-20-4-2-1-3-5-20/h1-13,18H,14-17,19H2,(H,28,29). The molecule has 1 fully saturated rings. The Hall–Kier alpha value is -3.08. The fourth-order valence-electron chi connectivity index (χ4n) is 4.15. The van der Waals surface area contributed by atoms with E-state index in [9.17, 15) is 0 Å². The Morgan fingerprint density at radius 2 is 1.61 bits per heavy atom. The van der Waals surface area contributed by atoms with Crippen LogP contribution in [-0.2, 0) is 6.54 Å². The van der Waals surface area contributed by atoms with E-state index < -0.39 is 0 Å². The number of pyridine rings is 1. The van der Waals surface area contributed by atoms with Gasteiger partial charge in [0.1, 0.15) is 0 Å². The quantitative estimate of drug-likeness (QED) is 0.425. The van der Waals surface area contributed by atoms with E-state index in [2.05, 4.69) is 74.7 Å². The maximum Gasteiger partial charge on any atom is 0.0737 e. The van der Waals surface area contributed by atoms with Crippen LogP contribution in [0.5, 0.6) is 0 Å². The Labute approximate surface area is 188 Å². The number of benzene rings is 3. The van der Waals surface area contributed by atoms with Gasteiger partial charge in [0.05, 0.1) is 5.52 Å². The topological polar surface area (TPSA) is 31.4 Å². The van der Waals surface area contributed by atoms with E-state index in [1.54, 1.807) is 0 Å². The molecule has 0 aliphatic carbocycles. The summed E-state index contributed by atoms with van der Waals surface area (Å²) in [5.41, 5.74) is 5.65. The second-order valence-corrected chi connectivity index (χ2v) is 8.38. The molecule has 4 aromatic rings. The molecule has 0 amide bonds. The van der Waals surface area contributed by atoms with Crippen LogP contribution in [0.1, 0.15) is 5.56 Å². The molecule has 3 aromatic carbocycles. The summed E-state index contributed by atoms with van der Waals surface area (Å²) in [6.07, 6.45) is 1.81. The smallest absolute Gasteiger partial charge is 0.0737 e. The van der Waals surface area contributed by atoms with Crippen LogP contribution < -0.4 is 10.2 Å². The van der Waals surface area contributed by atoms with Gasteiger partial charge in [-0.2, -0.15) is 0 Å². The fraction of sp³-hybridized carbons (Fsp3) is 0.192. The molecule has 1 N–H and O–H groups in total. The van der Waals surface area contributed by atoms with Gasteiger partial charge in [-0.15, -0.1) is 0 Å². The van der Waals surface area contributed by atoms with Crippen LogP contribution in [0.2, 0.25) is 5.02 Å². The Morgan fingerprint density at radius 1 is 0.839 bits per heavy atom. The first-order chi connectivity index (χ1) is 15.2. The van der Waals surface area contributed by atoms with Crippen molar-refractivity contribution in [2.45, 2.75) is 6.54 Å². The molecule has 1 aliphatic heterocycles. The Balaban J connectivity index is 1.22. The van der Waals surface area contributed by atoms with Crippen molar-refractivity contribution in [3.8, 4) is 0 Å². The molecule has 1 aliphatic rings. The molecule has 0 radical (unpaired) electrons. The predicted octanol–water partition coefficient (Wildman–Crippen LogP) is 5.95. The lowest BCUT2D eigenvalue weighted by atomic mass is 10.1. The van der Waals surface area contributed by atoms with E-state index in [4.69, 9.17) is 11.6 Å². The van der Waals surface area contributed by atoms with Crippen molar-refractivity contribution in [3.63, 3.8) is 0 Å². The molecule has 0 spiro atoms. The van der Waals surface area contributed by atoms with Crippen molar-refractivity contribution in [1.29, 1.82) is 0 Å². The molecule has 31 heavy (non-hydrogen) atoms. The minimum absolute atomic E-state index is 0.699. The van der Waals surface area contributed by atoms with E-state index in [-0.39, 0.29) is 0 Å². The van der Waals surface area contributed by atoms with Gasteiger partial charge in [0.2, 0.25) is 0 Å². The normalized spacial score (nSPS) is 14.7. The number of hydrogen-bond donors (Lipinski definition) is 1. The third kappa shape index (κ3) is 4.66. The molecule has 5 heteroatoms. The summed E-state index contributed by atoms with van der Waals surface area (Å²) in [5.74, 6) is 0. The van der Waals surface area contributed by atoms with Crippen molar-refractivity contribution in [2.24, 2.45) is 0 Å². The lowest BCUT2D eigenvalue weighted by molar-refractivity contribution is 0.250. The maximum absolute atomic E-state index is 6.10. The van der Waals surface area contributed by atoms with Crippen LogP contribution in [0, 0.1) is 0 Å². The second-order valence-electron chi connectivity index (χ2n) is 7.94. The van der Waals surface area contributed by atoms with Crippen LogP contribution >= 0.6 is 11.6 Å². The number of anilines is 3. The minimum Gasteiger partial charge on any atom is -0.369 e. The number of nitrogens with zero attached hydrogens (tertiary/aromatic N) is 3. The summed E-state index contributed by atoms with van der Waals surface area (Å²) in [4.78, 5) is 9.41. The first kappa shape index (κ1) is 19.9. The SMILES string of the molecule is Clc1ccc2c(Nc3ccc(N4CCN(Cc5ccccc5)CC4)cc3)ccnc2c1. The maximum atomic E-state index is 6.10. The van der Waals surface area contributed by atoms with Gasteiger partial charge >= 0.3 is 0 Å². The van der Waals surface area contributed by atoms with E-state index in [0.29, 0.717) is 5.02 Å².